The Hall–Kier alpha value is -1.88. The lowest BCUT2D eigenvalue weighted by atomic mass is 10.1. The Bertz CT molecular complexity index is 418. The van der Waals surface area contributed by atoms with Crippen LogP contribution in [-0.4, -0.2) is 32.1 Å². The van der Waals surface area contributed by atoms with E-state index in [0.717, 1.165) is 17.7 Å². The van der Waals surface area contributed by atoms with Crippen LogP contribution in [0.4, 0.5) is 5.69 Å². The molecule has 0 radical (unpaired) electrons. The first-order chi connectivity index (χ1) is 8.67. The van der Waals surface area contributed by atoms with E-state index in [2.05, 4.69) is 15.4 Å². The van der Waals surface area contributed by atoms with Crippen LogP contribution in [0.3, 0.4) is 0 Å². The summed E-state index contributed by atoms with van der Waals surface area (Å²) in [6.07, 6.45) is 0.840. The van der Waals surface area contributed by atoms with Crippen molar-refractivity contribution in [3.8, 4) is 0 Å². The molecule has 0 aliphatic rings. The van der Waals surface area contributed by atoms with Crippen LogP contribution in [0, 0.1) is 0 Å². The maximum absolute atomic E-state index is 11.6. The van der Waals surface area contributed by atoms with E-state index in [9.17, 15) is 9.59 Å². The highest BCUT2D eigenvalue weighted by atomic mass is 16.5. The lowest BCUT2D eigenvalue weighted by Gasteiger charge is -2.10. The topological polar surface area (TPSA) is 67.4 Å². The number of benzene rings is 1. The summed E-state index contributed by atoms with van der Waals surface area (Å²) in [5.74, 6) is -0.559. The monoisotopic (exact) mass is 250 g/mol. The largest absolute Gasteiger partial charge is 0.375 e. The molecule has 2 N–H and O–H groups in total. The summed E-state index contributed by atoms with van der Waals surface area (Å²) in [4.78, 5) is 22.7. The number of methoxy groups -OCH3 is 1. The van der Waals surface area contributed by atoms with Gasteiger partial charge in [-0.15, -0.1) is 0 Å². The van der Waals surface area contributed by atoms with Crippen molar-refractivity contribution in [3.05, 3.63) is 29.8 Å². The molecule has 0 spiro atoms. The standard InChI is InChI=1S/C13H18N2O3/c1-3-10-6-4-5-7-11(10)15-12(16)8-14-13(17)9-18-2/h4-7H,3,8-9H2,1-2H3,(H,14,17)(H,15,16). The van der Waals surface area contributed by atoms with E-state index in [1.54, 1.807) is 0 Å². The smallest absolute Gasteiger partial charge is 0.246 e. The summed E-state index contributed by atoms with van der Waals surface area (Å²) in [5.41, 5.74) is 1.85. The van der Waals surface area contributed by atoms with Gasteiger partial charge < -0.3 is 15.4 Å². The van der Waals surface area contributed by atoms with Crippen LogP contribution < -0.4 is 10.6 Å². The molecule has 0 aliphatic carbocycles. The lowest BCUT2D eigenvalue weighted by Crippen LogP contribution is -2.35. The molecule has 0 aliphatic heterocycles. The average molecular weight is 250 g/mol. The molecule has 0 atom stereocenters. The van der Waals surface area contributed by atoms with E-state index in [4.69, 9.17) is 0 Å². The van der Waals surface area contributed by atoms with Crippen molar-refractivity contribution in [2.75, 3.05) is 25.6 Å². The zero-order valence-corrected chi connectivity index (χ0v) is 10.7. The number of amides is 2. The Balaban J connectivity index is 2.47. The van der Waals surface area contributed by atoms with Gasteiger partial charge in [0.1, 0.15) is 6.61 Å². The van der Waals surface area contributed by atoms with Crippen molar-refractivity contribution in [2.24, 2.45) is 0 Å². The summed E-state index contributed by atoms with van der Waals surface area (Å²) < 4.78 is 4.65. The van der Waals surface area contributed by atoms with Crippen molar-refractivity contribution in [1.82, 2.24) is 5.32 Å². The minimum Gasteiger partial charge on any atom is -0.375 e. The van der Waals surface area contributed by atoms with E-state index in [-0.39, 0.29) is 25.0 Å². The molecule has 0 fully saturated rings. The fourth-order valence-electron chi connectivity index (χ4n) is 1.51. The van der Waals surface area contributed by atoms with Crippen LogP contribution in [0.2, 0.25) is 0 Å². The molecule has 2 amide bonds. The van der Waals surface area contributed by atoms with Crippen LogP contribution >= 0.6 is 0 Å². The molecule has 0 aromatic heterocycles. The number of carbonyl (C=O) groups is 2. The number of ether oxygens (including phenoxy) is 1. The zero-order chi connectivity index (χ0) is 13.4. The number of hydrogen-bond donors (Lipinski definition) is 2. The predicted octanol–water partition coefficient (Wildman–Crippen LogP) is 0.950. The highest BCUT2D eigenvalue weighted by molar-refractivity contribution is 5.95. The molecule has 98 valence electrons. The maximum atomic E-state index is 11.6. The number of para-hydroxylation sites is 1. The first kappa shape index (κ1) is 14.2. The van der Waals surface area contributed by atoms with Crippen molar-refractivity contribution in [1.29, 1.82) is 0 Å². The second-order valence-electron chi connectivity index (χ2n) is 3.77. The Labute approximate surface area is 107 Å². The van der Waals surface area contributed by atoms with Gasteiger partial charge in [-0.1, -0.05) is 25.1 Å². The number of nitrogens with one attached hydrogen (secondary N) is 2. The fourth-order valence-corrected chi connectivity index (χ4v) is 1.51. The van der Waals surface area contributed by atoms with Gasteiger partial charge in [-0.3, -0.25) is 9.59 Å². The van der Waals surface area contributed by atoms with E-state index in [0.29, 0.717) is 0 Å². The molecule has 0 bridgehead atoms. The van der Waals surface area contributed by atoms with Gasteiger partial charge in [0.2, 0.25) is 11.8 Å². The molecular weight excluding hydrogens is 232 g/mol. The number of anilines is 1. The summed E-state index contributed by atoms with van der Waals surface area (Å²) >= 11 is 0. The van der Waals surface area contributed by atoms with Gasteiger partial charge in [0, 0.05) is 12.8 Å². The Morgan fingerprint density at radius 1 is 1.22 bits per heavy atom. The third kappa shape index (κ3) is 4.55. The van der Waals surface area contributed by atoms with Crippen LogP contribution in [0.1, 0.15) is 12.5 Å². The number of hydrogen-bond acceptors (Lipinski definition) is 3. The van der Waals surface area contributed by atoms with Crippen LogP contribution in [0.15, 0.2) is 24.3 Å². The predicted molar refractivity (Wildman–Crippen MR) is 69.3 cm³/mol. The molecular formula is C13H18N2O3. The lowest BCUT2D eigenvalue weighted by molar-refractivity contribution is -0.127. The fraction of sp³-hybridized carbons (Fsp3) is 0.385. The molecule has 0 heterocycles. The molecule has 5 nitrogen and oxygen atoms in total. The molecule has 0 unspecified atom stereocenters. The first-order valence-corrected chi connectivity index (χ1v) is 5.80. The number of aryl methyl sites for hydroxylation is 1. The number of rotatable bonds is 6. The zero-order valence-electron chi connectivity index (χ0n) is 10.7. The minimum absolute atomic E-state index is 0.0428. The van der Waals surface area contributed by atoms with Gasteiger partial charge in [0.15, 0.2) is 0 Å². The molecule has 1 aromatic rings. The normalized spacial score (nSPS) is 9.89. The highest BCUT2D eigenvalue weighted by Crippen LogP contribution is 2.14. The highest BCUT2D eigenvalue weighted by Gasteiger charge is 2.07. The third-order valence-corrected chi connectivity index (χ3v) is 2.39. The maximum Gasteiger partial charge on any atom is 0.246 e. The summed E-state index contributed by atoms with van der Waals surface area (Å²) in [6.45, 7) is 1.92. The van der Waals surface area contributed by atoms with E-state index < -0.39 is 0 Å². The van der Waals surface area contributed by atoms with Gasteiger partial charge in [-0.25, -0.2) is 0 Å². The molecule has 1 aromatic carbocycles. The summed E-state index contributed by atoms with van der Waals surface area (Å²) in [6, 6.07) is 7.58. The summed E-state index contributed by atoms with van der Waals surface area (Å²) in [7, 11) is 1.43. The second-order valence-corrected chi connectivity index (χ2v) is 3.77. The third-order valence-electron chi connectivity index (χ3n) is 2.39. The van der Waals surface area contributed by atoms with Crippen LogP contribution in [0.5, 0.6) is 0 Å². The Morgan fingerprint density at radius 2 is 1.94 bits per heavy atom. The second kappa shape index (κ2) is 7.45. The van der Waals surface area contributed by atoms with E-state index >= 15 is 0 Å². The minimum atomic E-state index is -0.309. The van der Waals surface area contributed by atoms with Gasteiger partial charge in [0.05, 0.1) is 6.54 Å². The van der Waals surface area contributed by atoms with Crippen molar-refractivity contribution >= 4 is 17.5 Å². The van der Waals surface area contributed by atoms with Gasteiger partial charge >= 0.3 is 0 Å². The van der Waals surface area contributed by atoms with Crippen molar-refractivity contribution in [2.45, 2.75) is 13.3 Å². The quantitative estimate of drug-likeness (QED) is 0.790. The summed E-state index contributed by atoms with van der Waals surface area (Å²) in [5, 5.41) is 5.23. The molecule has 18 heavy (non-hydrogen) atoms. The van der Waals surface area contributed by atoms with Gasteiger partial charge in [-0.05, 0) is 18.1 Å². The van der Waals surface area contributed by atoms with Crippen molar-refractivity contribution in [3.63, 3.8) is 0 Å². The average Bonchev–Trinajstić information content (AvgIpc) is 2.37. The van der Waals surface area contributed by atoms with E-state index in [1.807, 2.05) is 31.2 Å². The SMILES string of the molecule is CCc1ccccc1NC(=O)CNC(=O)COC. The van der Waals surface area contributed by atoms with Crippen LogP contribution in [-0.2, 0) is 20.7 Å². The van der Waals surface area contributed by atoms with Crippen molar-refractivity contribution < 1.29 is 14.3 Å². The molecule has 5 heteroatoms. The number of carbonyl (C=O) groups excluding carboxylic acids is 2. The van der Waals surface area contributed by atoms with E-state index in [1.165, 1.54) is 7.11 Å². The Morgan fingerprint density at radius 3 is 2.61 bits per heavy atom. The van der Waals surface area contributed by atoms with Gasteiger partial charge in [0.25, 0.3) is 0 Å². The van der Waals surface area contributed by atoms with Gasteiger partial charge in [-0.2, -0.15) is 0 Å². The first-order valence-electron chi connectivity index (χ1n) is 5.80. The molecule has 1 rings (SSSR count). The Kier molecular flexibility index (Phi) is 5.87. The molecule has 0 saturated heterocycles. The van der Waals surface area contributed by atoms with Crippen LogP contribution in [0.25, 0.3) is 0 Å². The molecule has 0 saturated carbocycles.